The van der Waals surface area contributed by atoms with E-state index in [9.17, 15) is 4.79 Å². The van der Waals surface area contributed by atoms with Crippen molar-refractivity contribution in [2.45, 2.75) is 26.2 Å². The molecule has 0 aliphatic rings. The average Bonchev–Trinajstić information content (AvgIpc) is 3.38. The van der Waals surface area contributed by atoms with E-state index in [2.05, 4.69) is 70.3 Å². The van der Waals surface area contributed by atoms with Crippen LogP contribution < -0.4 is 5.32 Å². The smallest absolute Gasteiger partial charge is 0.276 e. The van der Waals surface area contributed by atoms with Crippen molar-refractivity contribution in [3.05, 3.63) is 64.7 Å². The minimum absolute atomic E-state index is 0.108. The zero-order valence-corrected chi connectivity index (χ0v) is 17.8. The lowest BCUT2D eigenvalue weighted by molar-refractivity contribution is 0.102. The fourth-order valence-electron chi connectivity index (χ4n) is 2.66. The first-order valence-corrected chi connectivity index (χ1v) is 10.8. The zero-order chi connectivity index (χ0) is 20.4. The Kier molecular flexibility index (Phi) is 5.21. The molecule has 0 unspecified atom stereocenters. The van der Waals surface area contributed by atoms with Gasteiger partial charge in [0, 0.05) is 28.7 Å². The summed E-state index contributed by atoms with van der Waals surface area (Å²) in [5, 5.41) is 7.60. The van der Waals surface area contributed by atoms with Crippen molar-refractivity contribution in [1.29, 1.82) is 0 Å². The van der Waals surface area contributed by atoms with Gasteiger partial charge < -0.3 is 0 Å². The monoisotopic (exact) mass is 421 g/mol. The van der Waals surface area contributed by atoms with Crippen LogP contribution in [0.25, 0.3) is 22.1 Å². The summed E-state index contributed by atoms with van der Waals surface area (Å²) in [6.07, 6.45) is 3.29. The average molecular weight is 422 g/mol. The highest BCUT2D eigenvalue weighted by molar-refractivity contribution is 7.14. The molecule has 1 aromatic carbocycles. The molecule has 3 aromatic heterocycles. The molecular formula is C21H19N5OS2. The molecule has 0 bridgehead atoms. The number of hydrogen-bond acceptors (Lipinski definition) is 7. The Balaban J connectivity index is 1.47. The fourth-order valence-corrected chi connectivity index (χ4v) is 4.12. The molecule has 4 rings (SSSR count). The van der Waals surface area contributed by atoms with Crippen LogP contribution >= 0.6 is 22.7 Å². The van der Waals surface area contributed by atoms with Gasteiger partial charge in [0.25, 0.3) is 5.91 Å². The second-order valence-corrected chi connectivity index (χ2v) is 9.15. The van der Waals surface area contributed by atoms with Crippen molar-refractivity contribution < 1.29 is 4.79 Å². The Bertz CT molecular complexity index is 1130. The summed E-state index contributed by atoms with van der Waals surface area (Å²) < 4.78 is 0. The van der Waals surface area contributed by atoms with Gasteiger partial charge in [0.1, 0.15) is 5.69 Å². The Labute approximate surface area is 176 Å². The molecule has 0 saturated heterocycles. The minimum Gasteiger partial charge on any atom is -0.296 e. The summed E-state index contributed by atoms with van der Waals surface area (Å²) in [4.78, 5) is 29.7. The Hall–Kier alpha value is -2.97. The van der Waals surface area contributed by atoms with E-state index < -0.39 is 0 Å². The first kappa shape index (κ1) is 19.4. The van der Waals surface area contributed by atoms with Gasteiger partial charge in [-0.25, -0.2) is 19.9 Å². The van der Waals surface area contributed by atoms with Crippen molar-refractivity contribution in [3.8, 4) is 22.1 Å². The number of aromatic nitrogens is 4. The number of thiazole rings is 2. The van der Waals surface area contributed by atoms with Crippen molar-refractivity contribution in [1.82, 2.24) is 19.9 Å². The van der Waals surface area contributed by atoms with Crippen LogP contribution in [0.5, 0.6) is 0 Å². The third-order valence-electron chi connectivity index (χ3n) is 4.27. The number of amides is 1. The van der Waals surface area contributed by atoms with Gasteiger partial charge in [-0.1, -0.05) is 45.0 Å². The first-order chi connectivity index (χ1) is 13.9. The predicted molar refractivity (Wildman–Crippen MR) is 117 cm³/mol. The van der Waals surface area contributed by atoms with Gasteiger partial charge in [0.2, 0.25) is 0 Å². The van der Waals surface area contributed by atoms with Gasteiger partial charge in [-0.15, -0.1) is 22.7 Å². The van der Waals surface area contributed by atoms with Gasteiger partial charge in [-0.3, -0.25) is 10.1 Å². The lowest BCUT2D eigenvalue weighted by atomic mass is 9.86. The highest BCUT2D eigenvalue weighted by Crippen LogP contribution is 2.29. The summed E-state index contributed by atoms with van der Waals surface area (Å²) >= 11 is 2.72. The maximum atomic E-state index is 12.5. The van der Waals surface area contributed by atoms with E-state index in [-0.39, 0.29) is 11.3 Å². The molecule has 29 heavy (non-hydrogen) atoms. The molecular weight excluding hydrogens is 402 g/mol. The highest BCUT2D eigenvalue weighted by atomic mass is 32.1. The van der Waals surface area contributed by atoms with E-state index in [4.69, 9.17) is 0 Å². The number of hydrogen-bond donors (Lipinski definition) is 1. The molecule has 6 nitrogen and oxygen atoms in total. The minimum atomic E-state index is -0.299. The van der Waals surface area contributed by atoms with Gasteiger partial charge in [0.05, 0.1) is 5.69 Å². The standard InChI is InChI=1S/C21H19N5OS2/c1-21(2,3)14-7-5-13(6-8-14)15-11-29-20(25-15)26-18(27)16-12-28-19(24-16)17-22-9-4-10-23-17/h4-12H,1-3H3,(H,25,26,27). The summed E-state index contributed by atoms with van der Waals surface area (Å²) in [6.45, 7) is 6.56. The van der Waals surface area contributed by atoms with Gasteiger partial charge in [-0.05, 0) is 17.0 Å². The molecule has 0 aliphatic heterocycles. The normalized spacial score (nSPS) is 11.4. The van der Waals surface area contributed by atoms with Crippen molar-refractivity contribution in [3.63, 3.8) is 0 Å². The number of benzene rings is 1. The largest absolute Gasteiger partial charge is 0.296 e. The van der Waals surface area contributed by atoms with Crippen LogP contribution in [0.2, 0.25) is 0 Å². The van der Waals surface area contributed by atoms with E-state index in [0.717, 1.165) is 11.3 Å². The SMILES string of the molecule is CC(C)(C)c1ccc(-c2csc(NC(=O)c3csc(-c4ncccn4)n3)n2)cc1. The Morgan fingerprint density at radius 2 is 1.69 bits per heavy atom. The Morgan fingerprint density at radius 3 is 2.38 bits per heavy atom. The molecule has 0 spiro atoms. The lowest BCUT2D eigenvalue weighted by Crippen LogP contribution is -2.12. The van der Waals surface area contributed by atoms with Gasteiger partial charge in [-0.2, -0.15) is 0 Å². The van der Waals surface area contributed by atoms with Crippen molar-refractivity contribution >= 4 is 33.7 Å². The zero-order valence-electron chi connectivity index (χ0n) is 16.2. The van der Waals surface area contributed by atoms with Crippen molar-refractivity contribution in [2.24, 2.45) is 0 Å². The van der Waals surface area contributed by atoms with E-state index >= 15 is 0 Å². The van der Waals surface area contributed by atoms with Crippen LogP contribution in [0.1, 0.15) is 36.8 Å². The lowest BCUT2D eigenvalue weighted by Gasteiger charge is -2.18. The highest BCUT2D eigenvalue weighted by Gasteiger charge is 2.16. The molecule has 0 atom stereocenters. The molecule has 146 valence electrons. The predicted octanol–water partition coefficient (Wildman–Crippen LogP) is 5.27. The molecule has 0 radical (unpaired) electrons. The van der Waals surface area contributed by atoms with E-state index in [1.807, 2.05) is 5.38 Å². The molecule has 0 saturated carbocycles. The van der Waals surface area contributed by atoms with E-state index in [1.54, 1.807) is 23.8 Å². The van der Waals surface area contributed by atoms with Gasteiger partial charge >= 0.3 is 0 Å². The van der Waals surface area contributed by atoms with Crippen LogP contribution in [0.4, 0.5) is 5.13 Å². The summed E-state index contributed by atoms with van der Waals surface area (Å²) in [7, 11) is 0. The van der Waals surface area contributed by atoms with E-state index in [1.165, 1.54) is 28.2 Å². The number of nitrogens with zero attached hydrogens (tertiary/aromatic N) is 4. The van der Waals surface area contributed by atoms with Crippen LogP contribution in [0.15, 0.2) is 53.5 Å². The van der Waals surface area contributed by atoms with Crippen LogP contribution in [0, 0.1) is 0 Å². The van der Waals surface area contributed by atoms with E-state index in [0.29, 0.717) is 21.7 Å². The summed E-state index contributed by atoms with van der Waals surface area (Å²) in [5.74, 6) is 0.208. The quantitative estimate of drug-likeness (QED) is 0.485. The summed E-state index contributed by atoms with van der Waals surface area (Å²) in [6, 6.07) is 10.1. The van der Waals surface area contributed by atoms with Crippen molar-refractivity contribution in [2.75, 3.05) is 5.32 Å². The molecule has 0 aliphatic carbocycles. The van der Waals surface area contributed by atoms with Crippen LogP contribution in [-0.4, -0.2) is 25.8 Å². The third-order valence-corrected chi connectivity index (χ3v) is 5.86. The number of carbonyl (C=O) groups excluding carboxylic acids is 1. The molecule has 4 aromatic rings. The molecule has 8 heteroatoms. The maximum absolute atomic E-state index is 12.5. The number of anilines is 1. The van der Waals surface area contributed by atoms with Crippen LogP contribution in [-0.2, 0) is 5.41 Å². The maximum Gasteiger partial charge on any atom is 0.276 e. The molecule has 3 heterocycles. The van der Waals surface area contributed by atoms with Crippen LogP contribution in [0.3, 0.4) is 0 Å². The molecule has 1 N–H and O–H groups in total. The third kappa shape index (κ3) is 4.38. The Morgan fingerprint density at radius 1 is 0.966 bits per heavy atom. The topological polar surface area (TPSA) is 80.7 Å². The van der Waals surface area contributed by atoms with Gasteiger partial charge in [0.15, 0.2) is 16.0 Å². The fraction of sp³-hybridized carbons (Fsp3) is 0.190. The molecule has 0 fully saturated rings. The number of rotatable bonds is 4. The number of nitrogens with one attached hydrogen (secondary N) is 1. The first-order valence-electron chi connectivity index (χ1n) is 9.01. The second kappa shape index (κ2) is 7.81. The summed E-state index contributed by atoms with van der Waals surface area (Å²) in [5.41, 5.74) is 3.56. The number of carbonyl (C=O) groups is 1. The second-order valence-electron chi connectivity index (χ2n) is 7.43. The molecule has 1 amide bonds.